The topological polar surface area (TPSA) is 69.6 Å². The van der Waals surface area contributed by atoms with E-state index >= 15 is 0 Å². The van der Waals surface area contributed by atoms with E-state index in [1.807, 2.05) is 32.0 Å². The molecule has 2 N–H and O–H groups in total. The number of carbonyl (C=O) groups is 2. The average Bonchev–Trinajstić information content (AvgIpc) is 2.80. The molecule has 2 aliphatic rings. The van der Waals surface area contributed by atoms with E-state index in [0.29, 0.717) is 44.5 Å². The van der Waals surface area contributed by atoms with Gasteiger partial charge in [-0.2, -0.15) is 0 Å². The maximum Gasteiger partial charge on any atom is 0.259 e. The number of amides is 2. The molecule has 0 radical (unpaired) electrons. The van der Waals surface area contributed by atoms with E-state index in [-0.39, 0.29) is 34.9 Å². The largest absolute Gasteiger partial charge is 0.375 e. The molecule has 2 heterocycles. The van der Waals surface area contributed by atoms with Gasteiger partial charge in [0.1, 0.15) is 5.82 Å². The van der Waals surface area contributed by atoms with Gasteiger partial charge in [0, 0.05) is 32.0 Å². The van der Waals surface area contributed by atoms with E-state index in [4.69, 9.17) is 0 Å². The number of nitrogens with zero attached hydrogens (tertiary/aromatic N) is 1. The smallest absolute Gasteiger partial charge is 0.259 e. The molecule has 2 atom stereocenters. The number of rotatable bonds is 4. The molecule has 2 aliphatic heterocycles. The highest BCUT2D eigenvalue weighted by Gasteiger charge is 2.50. The number of halogens is 1. The molecule has 0 aromatic heterocycles. The van der Waals surface area contributed by atoms with Crippen molar-refractivity contribution in [2.75, 3.05) is 19.6 Å². The van der Waals surface area contributed by atoms with E-state index < -0.39 is 5.60 Å². The number of carbonyl (C=O) groups excluding carboxylic acids is 2. The van der Waals surface area contributed by atoms with E-state index in [1.165, 1.54) is 12.1 Å². The fourth-order valence-electron chi connectivity index (χ4n) is 5.42. The highest BCUT2D eigenvalue weighted by atomic mass is 19.1. The molecule has 0 aliphatic carbocycles. The lowest BCUT2D eigenvalue weighted by Crippen LogP contribution is -2.56. The summed E-state index contributed by atoms with van der Waals surface area (Å²) in [6, 6.07) is 15.6. The van der Waals surface area contributed by atoms with Crippen LogP contribution in [0.25, 0.3) is 0 Å². The first-order valence-corrected chi connectivity index (χ1v) is 11.4. The summed E-state index contributed by atoms with van der Waals surface area (Å²) in [6.07, 6.45) is 1.72. The van der Waals surface area contributed by atoms with Crippen molar-refractivity contribution in [3.8, 4) is 0 Å². The van der Waals surface area contributed by atoms with Crippen molar-refractivity contribution >= 4 is 11.8 Å². The molecule has 2 saturated heterocycles. The summed E-state index contributed by atoms with van der Waals surface area (Å²) in [5.41, 5.74) is -0.262. The van der Waals surface area contributed by atoms with Gasteiger partial charge < -0.3 is 15.3 Å². The third-order valence-electron chi connectivity index (χ3n) is 7.45. The minimum Gasteiger partial charge on any atom is -0.375 e. The van der Waals surface area contributed by atoms with Crippen molar-refractivity contribution in [3.63, 3.8) is 0 Å². The molecule has 170 valence electrons. The number of likely N-dealkylation sites (tertiary alicyclic amines) is 1. The number of piperidine rings is 2. The normalized spacial score (nSPS) is 22.5. The van der Waals surface area contributed by atoms with E-state index in [2.05, 4.69) is 5.32 Å². The van der Waals surface area contributed by atoms with Crippen LogP contribution >= 0.6 is 0 Å². The highest BCUT2D eigenvalue weighted by Crippen LogP contribution is 2.49. The molecule has 2 amide bonds. The van der Waals surface area contributed by atoms with Crippen molar-refractivity contribution in [2.24, 2.45) is 11.3 Å². The van der Waals surface area contributed by atoms with Crippen LogP contribution in [-0.4, -0.2) is 41.5 Å². The zero-order valence-electron chi connectivity index (χ0n) is 18.7. The molecule has 5 nitrogen and oxygen atoms in total. The van der Waals surface area contributed by atoms with Crippen molar-refractivity contribution in [3.05, 3.63) is 71.5 Å². The lowest BCUT2D eigenvalue weighted by atomic mass is 9.62. The third-order valence-corrected chi connectivity index (χ3v) is 7.45. The number of aliphatic hydroxyl groups is 1. The molecule has 0 unspecified atom stereocenters. The summed E-state index contributed by atoms with van der Waals surface area (Å²) in [6.45, 7) is 5.18. The Bertz CT molecular complexity index is 968. The summed E-state index contributed by atoms with van der Waals surface area (Å²) < 4.78 is 13.5. The maximum absolute atomic E-state index is 13.5. The van der Waals surface area contributed by atoms with Crippen molar-refractivity contribution < 1.29 is 19.1 Å². The zero-order chi connectivity index (χ0) is 22.9. The Morgan fingerprint density at radius 3 is 2.34 bits per heavy atom. The zero-order valence-corrected chi connectivity index (χ0v) is 18.7. The van der Waals surface area contributed by atoms with E-state index in [0.717, 1.165) is 5.56 Å². The van der Waals surface area contributed by atoms with Gasteiger partial charge in [0.05, 0.1) is 0 Å². The molecule has 32 heavy (non-hydrogen) atoms. The summed E-state index contributed by atoms with van der Waals surface area (Å²) in [5, 5.41) is 14.4. The van der Waals surface area contributed by atoms with Gasteiger partial charge in [0.25, 0.3) is 5.91 Å². The Morgan fingerprint density at radius 1 is 1.12 bits per heavy atom. The Morgan fingerprint density at radius 2 is 1.75 bits per heavy atom. The minimum atomic E-state index is -1.59. The second kappa shape index (κ2) is 8.66. The van der Waals surface area contributed by atoms with Crippen LogP contribution < -0.4 is 5.32 Å². The van der Waals surface area contributed by atoms with Gasteiger partial charge in [-0.1, -0.05) is 56.3 Å². The second-order valence-electron chi connectivity index (χ2n) is 9.53. The summed E-state index contributed by atoms with van der Waals surface area (Å²) in [7, 11) is 0. The number of hydrogen-bond donors (Lipinski definition) is 2. The molecular weight excluding hydrogens is 407 g/mol. The van der Waals surface area contributed by atoms with Gasteiger partial charge in [0.2, 0.25) is 5.91 Å². The molecule has 2 aromatic carbocycles. The van der Waals surface area contributed by atoms with Crippen LogP contribution in [0.5, 0.6) is 0 Å². The summed E-state index contributed by atoms with van der Waals surface area (Å²) >= 11 is 0. The fourth-order valence-corrected chi connectivity index (χ4v) is 5.42. The number of benzene rings is 2. The van der Waals surface area contributed by atoms with E-state index in [1.54, 1.807) is 29.2 Å². The Labute approximate surface area is 188 Å². The first-order chi connectivity index (χ1) is 15.3. The minimum absolute atomic E-state index is 0.0195. The lowest BCUT2D eigenvalue weighted by molar-refractivity contribution is -0.161. The van der Waals surface area contributed by atoms with Gasteiger partial charge in [-0.05, 0) is 47.4 Å². The van der Waals surface area contributed by atoms with Gasteiger partial charge in [-0.3, -0.25) is 9.59 Å². The van der Waals surface area contributed by atoms with Gasteiger partial charge in [0.15, 0.2) is 5.60 Å². The molecule has 1 spiro atoms. The number of hydrogen-bond acceptors (Lipinski definition) is 3. The second-order valence-corrected chi connectivity index (χ2v) is 9.53. The van der Waals surface area contributed by atoms with Gasteiger partial charge >= 0.3 is 0 Å². The first-order valence-electron chi connectivity index (χ1n) is 11.4. The number of nitrogens with one attached hydrogen (secondary N) is 1. The van der Waals surface area contributed by atoms with Crippen molar-refractivity contribution in [2.45, 2.75) is 44.6 Å². The molecule has 2 aromatic rings. The standard InChI is InChI=1S/C26H31FN2O3/c1-18(2)26(32,20-6-4-3-5-7-20)24(31)29-14-12-25(13-15-29)16-23(30)28-17-22(25)19-8-10-21(27)11-9-19/h3-11,18,22,32H,12-17H2,1-2H3,(H,28,30)/t22-,26+/m0/s1. The highest BCUT2D eigenvalue weighted by molar-refractivity contribution is 5.87. The Balaban J connectivity index is 1.56. The summed E-state index contributed by atoms with van der Waals surface area (Å²) in [4.78, 5) is 27.6. The maximum atomic E-state index is 13.5. The van der Waals surface area contributed by atoms with Gasteiger partial charge in [-0.25, -0.2) is 4.39 Å². The quantitative estimate of drug-likeness (QED) is 0.767. The Kier molecular flexibility index (Phi) is 6.08. The van der Waals surface area contributed by atoms with Crippen LogP contribution in [0.15, 0.2) is 54.6 Å². The van der Waals surface area contributed by atoms with Crippen LogP contribution in [0.4, 0.5) is 4.39 Å². The van der Waals surface area contributed by atoms with E-state index in [9.17, 15) is 19.1 Å². The first kappa shape index (κ1) is 22.5. The van der Waals surface area contributed by atoms with Crippen molar-refractivity contribution in [1.82, 2.24) is 10.2 Å². The molecule has 0 bridgehead atoms. The van der Waals surface area contributed by atoms with Crippen LogP contribution in [0.1, 0.15) is 50.2 Å². The Hall–Kier alpha value is -2.73. The van der Waals surface area contributed by atoms with Crippen LogP contribution in [-0.2, 0) is 15.2 Å². The molecule has 6 heteroatoms. The third kappa shape index (κ3) is 3.92. The molecule has 4 rings (SSSR count). The SMILES string of the molecule is CC(C)[C@](O)(C(=O)N1CCC2(CC1)CC(=O)NC[C@H]2c1ccc(F)cc1)c1ccccc1. The summed E-state index contributed by atoms with van der Waals surface area (Å²) in [5.74, 6) is -0.771. The van der Waals surface area contributed by atoms with Crippen LogP contribution in [0.2, 0.25) is 0 Å². The van der Waals surface area contributed by atoms with Crippen LogP contribution in [0, 0.1) is 17.2 Å². The predicted molar refractivity (Wildman–Crippen MR) is 120 cm³/mol. The van der Waals surface area contributed by atoms with Gasteiger partial charge in [-0.15, -0.1) is 0 Å². The average molecular weight is 439 g/mol. The molecule has 2 fully saturated rings. The fraction of sp³-hybridized carbons (Fsp3) is 0.462. The van der Waals surface area contributed by atoms with Crippen molar-refractivity contribution in [1.29, 1.82) is 0 Å². The molecule has 0 saturated carbocycles. The van der Waals surface area contributed by atoms with Crippen LogP contribution in [0.3, 0.4) is 0 Å². The lowest BCUT2D eigenvalue weighted by Gasteiger charge is -2.50. The molecular formula is C26H31FN2O3. The monoisotopic (exact) mass is 438 g/mol. The predicted octanol–water partition coefficient (Wildman–Crippen LogP) is 3.58.